The average Bonchev–Trinajstić information content (AvgIpc) is 2.61. The fourth-order valence-electron chi connectivity index (χ4n) is 2.49. The first-order valence-corrected chi connectivity index (χ1v) is 7.00. The maximum absolute atomic E-state index is 13.3. The Morgan fingerprint density at radius 2 is 1.67 bits per heavy atom. The number of benzene rings is 2. The predicted octanol–water partition coefficient (Wildman–Crippen LogP) is 2.18. The first-order chi connectivity index (χ1) is 8.48. The normalized spacial score (nSPS) is 17.3. The molecule has 18 heavy (non-hydrogen) atoms. The second-order valence-electron chi connectivity index (χ2n) is 4.29. The summed E-state index contributed by atoms with van der Waals surface area (Å²) in [6.45, 7) is 0. The Kier molecular flexibility index (Phi) is 2.30. The van der Waals surface area contributed by atoms with E-state index in [-0.39, 0.29) is 0 Å². The molecule has 0 unspecified atom stereocenters. The summed E-state index contributed by atoms with van der Waals surface area (Å²) in [7, 11) is -3.81. The van der Waals surface area contributed by atoms with Gasteiger partial charge >= 0.3 is 0 Å². The van der Waals surface area contributed by atoms with Crippen LogP contribution < -0.4 is 5.14 Å². The fraction of sp³-hybridized carbons (Fsp3) is 0.0769. The molecule has 0 bridgehead atoms. The van der Waals surface area contributed by atoms with Crippen LogP contribution in [0, 0.1) is 5.82 Å². The molecule has 2 aromatic rings. The number of hydrogen-bond donors (Lipinski definition) is 1. The summed E-state index contributed by atoms with van der Waals surface area (Å²) >= 11 is 0. The molecule has 0 aliphatic heterocycles. The highest BCUT2D eigenvalue weighted by molar-refractivity contribution is 7.89. The molecule has 0 saturated carbocycles. The lowest BCUT2D eigenvalue weighted by Crippen LogP contribution is -2.21. The zero-order valence-corrected chi connectivity index (χ0v) is 10.1. The van der Waals surface area contributed by atoms with Crippen molar-refractivity contribution >= 4 is 10.0 Å². The lowest BCUT2D eigenvalue weighted by Gasteiger charge is -2.10. The van der Waals surface area contributed by atoms with E-state index in [2.05, 4.69) is 0 Å². The highest BCUT2D eigenvalue weighted by Crippen LogP contribution is 2.46. The van der Waals surface area contributed by atoms with Gasteiger partial charge in [-0.3, -0.25) is 0 Å². The van der Waals surface area contributed by atoms with Gasteiger partial charge in [-0.2, -0.15) is 0 Å². The Labute approximate surface area is 104 Å². The summed E-state index contributed by atoms with van der Waals surface area (Å²) in [4.78, 5) is 0. The quantitative estimate of drug-likeness (QED) is 0.857. The molecule has 3 nitrogen and oxygen atoms in total. The predicted molar refractivity (Wildman–Crippen MR) is 66.8 cm³/mol. The maximum atomic E-state index is 13.3. The zero-order valence-electron chi connectivity index (χ0n) is 9.30. The first kappa shape index (κ1) is 11.4. The van der Waals surface area contributed by atoms with Gasteiger partial charge in [-0.05, 0) is 34.4 Å². The molecule has 0 spiro atoms. The Bertz CT molecular complexity index is 740. The number of hydrogen-bond acceptors (Lipinski definition) is 2. The molecular weight excluding hydrogens is 253 g/mol. The molecule has 3 rings (SSSR count). The first-order valence-electron chi connectivity index (χ1n) is 5.39. The van der Waals surface area contributed by atoms with E-state index in [4.69, 9.17) is 5.14 Å². The minimum absolute atomic E-state index is 0.415. The van der Waals surface area contributed by atoms with Crippen molar-refractivity contribution in [3.63, 3.8) is 0 Å². The smallest absolute Gasteiger partial charge is 0.220 e. The van der Waals surface area contributed by atoms with Crippen molar-refractivity contribution in [1.82, 2.24) is 0 Å². The van der Waals surface area contributed by atoms with Gasteiger partial charge in [0.25, 0.3) is 0 Å². The lowest BCUT2D eigenvalue weighted by molar-refractivity contribution is 0.591. The van der Waals surface area contributed by atoms with Gasteiger partial charge in [0.2, 0.25) is 10.0 Å². The molecule has 2 aromatic carbocycles. The third kappa shape index (κ3) is 1.55. The maximum Gasteiger partial charge on any atom is 0.220 e. The van der Waals surface area contributed by atoms with E-state index < -0.39 is 21.1 Å². The van der Waals surface area contributed by atoms with E-state index in [1.807, 2.05) is 12.1 Å². The van der Waals surface area contributed by atoms with Gasteiger partial charge < -0.3 is 0 Å². The Hall–Kier alpha value is -1.72. The van der Waals surface area contributed by atoms with E-state index in [1.165, 1.54) is 12.1 Å². The van der Waals surface area contributed by atoms with Gasteiger partial charge in [0, 0.05) is 0 Å². The van der Waals surface area contributed by atoms with Crippen molar-refractivity contribution < 1.29 is 12.8 Å². The van der Waals surface area contributed by atoms with Crippen LogP contribution in [0.15, 0.2) is 42.5 Å². The standard InChI is InChI=1S/C13H10FNO2S/c14-8-5-6-10-9-3-1-2-4-11(9)13(12(10)7-8)18(15,16)17/h1-7,13H,(H2,15,16,17)/t13-/m1/s1. The van der Waals surface area contributed by atoms with Gasteiger partial charge in [-0.25, -0.2) is 17.9 Å². The van der Waals surface area contributed by atoms with Crippen LogP contribution in [0.2, 0.25) is 0 Å². The van der Waals surface area contributed by atoms with Gasteiger partial charge in [0.05, 0.1) is 0 Å². The second kappa shape index (κ2) is 3.63. The third-order valence-corrected chi connectivity index (χ3v) is 4.32. The molecule has 1 aliphatic rings. The third-order valence-electron chi connectivity index (χ3n) is 3.16. The van der Waals surface area contributed by atoms with Crippen LogP contribution in [-0.2, 0) is 10.0 Å². The molecule has 2 N–H and O–H groups in total. The van der Waals surface area contributed by atoms with Gasteiger partial charge in [-0.15, -0.1) is 0 Å². The van der Waals surface area contributed by atoms with Crippen molar-refractivity contribution in [3.05, 3.63) is 59.4 Å². The average molecular weight is 263 g/mol. The van der Waals surface area contributed by atoms with Crippen LogP contribution in [0.1, 0.15) is 16.4 Å². The van der Waals surface area contributed by atoms with E-state index >= 15 is 0 Å². The van der Waals surface area contributed by atoms with Crippen molar-refractivity contribution in [2.45, 2.75) is 5.25 Å². The zero-order chi connectivity index (χ0) is 12.9. The summed E-state index contributed by atoms with van der Waals surface area (Å²) in [6, 6.07) is 11.2. The van der Waals surface area contributed by atoms with E-state index in [0.717, 1.165) is 11.1 Å². The highest BCUT2D eigenvalue weighted by Gasteiger charge is 2.36. The van der Waals surface area contributed by atoms with Crippen molar-refractivity contribution in [2.24, 2.45) is 5.14 Å². The van der Waals surface area contributed by atoms with Gasteiger partial charge in [-0.1, -0.05) is 30.3 Å². The van der Waals surface area contributed by atoms with Crippen LogP contribution in [0.25, 0.3) is 11.1 Å². The van der Waals surface area contributed by atoms with E-state index in [1.54, 1.807) is 18.2 Å². The van der Waals surface area contributed by atoms with Crippen LogP contribution >= 0.6 is 0 Å². The number of nitrogens with two attached hydrogens (primary N) is 1. The molecule has 0 saturated heterocycles. The summed E-state index contributed by atoms with van der Waals surface area (Å²) in [5.41, 5.74) is 2.55. The molecular formula is C13H10FNO2S. The molecule has 0 fully saturated rings. The van der Waals surface area contributed by atoms with E-state index in [0.29, 0.717) is 11.1 Å². The number of sulfonamides is 1. The number of fused-ring (bicyclic) bond motifs is 3. The van der Waals surface area contributed by atoms with Gasteiger partial charge in [0.1, 0.15) is 11.1 Å². The molecule has 92 valence electrons. The van der Waals surface area contributed by atoms with Crippen molar-refractivity contribution in [3.8, 4) is 11.1 Å². The van der Waals surface area contributed by atoms with Crippen LogP contribution in [0.3, 0.4) is 0 Å². The Balaban J connectivity index is 2.39. The SMILES string of the molecule is NS(=O)(=O)[C@@H]1c2ccccc2-c2ccc(F)cc21. The molecule has 0 aromatic heterocycles. The van der Waals surface area contributed by atoms with Crippen LogP contribution in [0.4, 0.5) is 4.39 Å². The summed E-state index contributed by atoms with van der Waals surface area (Å²) < 4.78 is 36.8. The molecule has 1 atom stereocenters. The number of rotatable bonds is 1. The lowest BCUT2D eigenvalue weighted by atomic mass is 10.1. The number of halogens is 1. The van der Waals surface area contributed by atoms with Crippen LogP contribution in [0.5, 0.6) is 0 Å². The highest BCUT2D eigenvalue weighted by atomic mass is 32.2. The Morgan fingerprint density at radius 3 is 2.39 bits per heavy atom. The largest absolute Gasteiger partial charge is 0.228 e. The monoisotopic (exact) mass is 263 g/mol. The summed E-state index contributed by atoms with van der Waals surface area (Å²) in [6.07, 6.45) is 0. The fourth-order valence-corrected chi connectivity index (χ4v) is 3.60. The topological polar surface area (TPSA) is 60.2 Å². The van der Waals surface area contributed by atoms with E-state index in [9.17, 15) is 12.8 Å². The summed E-state index contributed by atoms with van der Waals surface area (Å²) in [5.74, 6) is -0.463. The molecule has 0 radical (unpaired) electrons. The minimum atomic E-state index is -3.81. The summed E-state index contributed by atoms with van der Waals surface area (Å²) in [5, 5.41) is 4.30. The van der Waals surface area contributed by atoms with Gasteiger partial charge in [0.15, 0.2) is 0 Å². The Morgan fingerprint density at radius 1 is 1.00 bits per heavy atom. The number of primary sulfonamides is 1. The van der Waals surface area contributed by atoms with Crippen molar-refractivity contribution in [2.75, 3.05) is 0 Å². The van der Waals surface area contributed by atoms with Crippen LogP contribution in [-0.4, -0.2) is 8.42 Å². The molecule has 0 heterocycles. The second-order valence-corrected chi connectivity index (χ2v) is 5.94. The molecule has 5 heteroatoms. The van der Waals surface area contributed by atoms with Crippen molar-refractivity contribution in [1.29, 1.82) is 0 Å². The minimum Gasteiger partial charge on any atom is -0.228 e. The molecule has 0 amide bonds. The molecule has 1 aliphatic carbocycles.